The van der Waals surface area contributed by atoms with Crippen LogP contribution in [-0.2, 0) is 11.7 Å². The highest BCUT2D eigenvalue weighted by Crippen LogP contribution is 2.44. The molecule has 0 N–H and O–H groups in total. The van der Waals surface area contributed by atoms with Crippen LogP contribution in [0.2, 0.25) is 5.15 Å². The van der Waals surface area contributed by atoms with Gasteiger partial charge in [-0.05, 0) is 16.7 Å². The molecule has 0 atom stereocenters. The van der Waals surface area contributed by atoms with Crippen molar-refractivity contribution in [1.29, 1.82) is 0 Å². The number of hydrogen-bond acceptors (Lipinski definition) is 3. The van der Waals surface area contributed by atoms with Gasteiger partial charge in [-0.25, -0.2) is 9.97 Å². The molecule has 0 unspecified atom stereocenters. The molecule has 0 saturated heterocycles. The van der Waals surface area contributed by atoms with Gasteiger partial charge < -0.3 is 0 Å². The highest BCUT2D eigenvalue weighted by Gasteiger charge is 2.44. The second-order valence-corrected chi connectivity index (χ2v) is 9.06. The number of imidazole rings is 1. The summed E-state index contributed by atoms with van der Waals surface area (Å²) in [6, 6.07) is 28.2. The van der Waals surface area contributed by atoms with Gasteiger partial charge in [0.15, 0.2) is 16.5 Å². The smallest absolute Gasteiger partial charge is 0.295 e. The van der Waals surface area contributed by atoms with E-state index in [4.69, 9.17) is 11.6 Å². The Labute approximate surface area is 220 Å². The molecule has 0 spiro atoms. The summed E-state index contributed by atoms with van der Waals surface area (Å²) in [5.41, 5.74) is 0.360. The van der Waals surface area contributed by atoms with Crippen molar-refractivity contribution in [2.45, 2.75) is 11.7 Å². The van der Waals surface area contributed by atoms with E-state index < -0.39 is 17.4 Å². The van der Waals surface area contributed by atoms with Gasteiger partial charge in [-0.2, -0.15) is 18.3 Å². The third-order valence-corrected chi connectivity index (χ3v) is 6.83. The maximum Gasteiger partial charge on any atom is 0.435 e. The average molecular weight is 530 g/mol. The summed E-state index contributed by atoms with van der Waals surface area (Å²) in [6.07, 6.45) is 1.000. The van der Waals surface area contributed by atoms with Gasteiger partial charge in [-0.15, -0.1) is 0 Å². The Bertz CT molecular complexity index is 1620. The summed E-state index contributed by atoms with van der Waals surface area (Å²) >= 11 is 6.17. The van der Waals surface area contributed by atoms with Gasteiger partial charge in [-0.1, -0.05) is 103 Å². The van der Waals surface area contributed by atoms with Crippen molar-refractivity contribution >= 4 is 17.2 Å². The number of hydrogen-bond donors (Lipinski definition) is 0. The van der Waals surface area contributed by atoms with Gasteiger partial charge in [-0.3, -0.25) is 9.08 Å². The third-order valence-electron chi connectivity index (χ3n) is 6.56. The zero-order valence-electron chi connectivity index (χ0n) is 19.7. The summed E-state index contributed by atoms with van der Waals surface area (Å²) in [4.78, 5) is 8.22. The van der Waals surface area contributed by atoms with Gasteiger partial charge in [0.05, 0.1) is 17.5 Å². The number of aromatic nitrogens is 5. The normalized spacial score (nSPS) is 12.2. The molecule has 6 aromatic rings. The number of halogens is 4. The number of nitrogens with zero attached hydrogens (tertiary/aromatic N) is 5. The molecule has 5 nitrogen and oxygen atoms in total. The molecule has 0 radical (unpaired) electrons. The predicted octanol–water partition coefficient (Wildman–Crippen LogP) is 7.11. The van der Waals surface area contributed by atoms with Crippen LogP contribution in [-0.4, -0.2) is 24.1 Å². The van der Waals surface area contributed by atoms with E-state index in [1.807, 2.05) is 91.0 Å². The Morgan fingerprint density at radius 2 is 1.24 bits per heavy atom. The minimum absolute atomic E-state index is 0.0897. The maximum absolute atomic E-state index is 14.6. The zero-order valence-corrected chi connectivity index (χ0v) is 20.5. The van der Waals surface area contributed by atoms with Crippen molar-refractivity contribution in [3.63, 3.8) is 0 Å². The number of benzene rings is 3. The Kier molecular flexibility index (Phi) is 5.76. The van der Waals surface area contributed by atoms with E-state index >= 15 is 0 Å². The van der Waals surface area contributed by atoms with Gasteiger partial charge in [0.2, 0.25) is 0 Å². The van der Waals surface area contributed by atoms with E-state index in [1.54, 1.807) is 0 Å². The molecule has 0 fully saturated rings. The molecule has 6 rings (SSSR count). The zero-order chi connectivity index (χ0) is 26.3. The fourth-order valence-corrected chi connectivity index (χ4v) is 5.16. The molecule has 38 heavy (non-hydrogen) atoms. The highest BCUT2D eigenvalue weighted by molar-refractivity contribution is 6.32. The van der Waals surface area contributed by atoms with Gasteiger partial charge in [0, 0.05) is 18.6 Å². The second-order valence-electron chi connectivity index (χ2n) is 8.70. The van der Waals surface area contributed by atoms with Crippen molar-refractivity contribution in [2.24, 2.45) is 0 Å². The Morgan fingerprint density at radius 1 is 0.711 bits per heavy atom. The third kappa shape index (κ3) is 3.76. The predicted molar refractivity (Wildman–Crippen MR) is 139 cm³/mol. The SMILES string of the molecule is FC(F)(F)c1nn(C(c2ccccc2)(c2ccccc2)c2ccccc2)cc1-c1cnc2c(Cl)nccn12. The molecular weight excluding hydrogens is 511 g/mol. The molecular formula is C29H19ClF3N5. The molecule has 0 aliphatic rings. The lowest BCUT2D eigenvalue weighted by Gasteiger charge is -2.36. The molecule has 0 aliphatic carbocycles. The Hall–Kier alpha value is -4.43. The van der Waals surface area contributed by atoms with Crippen LogP contribution < -0.4 is 0 Å². The average Bonchev–Trinajstić information content (AvgIpc) is 3.57. The minimum Gasteiger partial charge on any atom is -0.295 e. The maximum atomic E-state index is 14.6. The molecule has 0 saturated carbocycles. The van der Waals surface area contributed by atoms with Crippen molar-refractivity contribution < 1.29 is 13.2 Å². The molecule has 9 heteroatoms. The largest absolute Gasteiger partial charge is 0.435 e. The van der Waals surface area contributed by atoms with E-state index in [0.29, 0.717) is 0 Å². The van der Waals surface area contributed by atoms with Gasteiger partial charge in [0.1, 0.15) is 5.54 Å². The van der Waals surface area contributed by atoms with Crippen LogP contribution in [0.1, 0.15) is 22.4 Å². The fraction of sp³-hybridized carbons (Fsp3) is 0.0690. The van der Waals surface area contributed by atoms with Crippen molar-refractivity contribution in [1.82, 2.24) is 24.1 Å². The lowest BCUT2D eigenvalue weighted by Crippen LogP contribution is -2.38. The van der Waals surface area contributed by atoms with E-state index in [-0.39, 0.29) is 22.1 Å². The Balaban J connectivity index is 1.73. The molecule has 3 heterocycles. The summed E-state index contributed by atoms with van der Waals surface area (Å²) < 4.78 is 46.7. The first-order valence-electron chi connectivity index (χ1n) is 11.7. The lowest BCUT2D eigenvalue weighted by atomic mass is 9.77. The van der Waals surface area contributed by atoms with Crippen LogP contribution >= 0.6 is 11.6 Å². The summed E-state index contributed by atoms with van der Waals surface area (Å²) in [5.74, 6) is 0. The van der Waals surface area contributed by atoms with Crippen LogP contribution in [0, 0.1) is 0 Å². The number of alkyl halides is 3. The second kappa shape index (κ2) is 9.15. The number of rotatable bonds is 5. The molecule has 0 bridgehead atoms. The molecule has 3 aromatic carbocycles. The highest BCUT2D eigenvalue weighted by atomic mass is 35.5. The molecule has 188 valence electrons. The number of fused-ring (bicyclic) bond motifs is 1. The Morgan fingerprint density at radius 3 is 1.74 bits per heavy atom. The van der Waals surface area contributed by atoms with Gasteiger partial charge >= 0.3 is 6.18 Å². The van der Waals surface area contributed by atoms with E-state index in [9.17, 15) is 13.2 Å². The van der Waals surface area contributed by atoms with Crippen molar-refractivity contribution in [3.05, 3.63) is 143 Å². The van der Waals surface area contributed by atoms with Crippen LogP contribution in [0.3, 0.4) is 0 Å². The molecule has 3 aromatic heterocycles. The monoisotopic (exact) mass is 529 g/mol. The van der Waals surface area contributed by atoms with E-state index in [2.05, 4.69) is 15.1 Å². The minimum atomic E-state index is -4.74. The van der Waals surface area contributed by atoms with E-state index in [0.717, 1.165) is 16.7 Å². The fourth-order valence-electron chi connectivity index (χ4n) is 4.96. The van der Waals surface area contributed by atoms with Gasteiger partial charge in [0.25, 0.3) is 0 Å². The first-order valence-corrected chi connectivity index (χ1v) is 12.1. The topological polar surface area (TPSA) is 48.0 Å². The van der Waals surface area contributed by atoms with Crippen LogP contribution in [0.4, 0.5) is 13.2 Å². The van der Waals surface area contributed by atoms with Crippen LogP contribution in [0.25, 0.3) is 16.9 Å². The van der Waals surface area contributed by atoms with Crippen molar-refractivity contribution in [2.75, 3.05) is 0 Å². The quantitative estimate of drug-likeness (QED) is 0.224. The standard InChI is InChI=1S/C29H19ClF3N5/c30-26-27-35-18-24(37(27)17-16-34-26)23-19-38(36-25(23)29(31,32)33)28(20-10-4-1-5-11-20,21-12-6-2-7-13-21)22-14-8-3-9-15-22/h1-19H. The van der Waals surface area contributed by atoms with E-state index in [1.165, 1.54) is 33.9 Å². The van der Waals surface area contributed by atoms with Crippen molar-refractivity contribution in [3.8, 4) is 11.3 Å². The molecule has 0 amide bonds. The first-order chi connectivity index (χ1) is 18.4. The van der Waals surface area contributed by atoms with Crippen LogP contribution in [0.5, 0.6) is 0 Å². The molecule has 0 aliphatic heterocycles. The van der Waals surface area contributed by atoms with Crippen LogP contribution in [0.15, 0.2) is 116 Å². The lowest BCUT2D eigenvalue weighted by molar-refractivity contribution is -0.141. The summed E-state index contributed by atoms with van der Waals surface area (Å²) in [5, 5.41) is 4.36. The summed E-state index contributed by atoms with van der Waals surface area (Å²) in [6.45, 7) is 0. The summed E-state index contributed by atoms with van der Waals surface area (Å²) in [7, 11) is 0. The first kappa shape index (κ1) is 23.9.